The lowest BCUT2D eigenvalue weighted by Gasteiger charge is -2.25. The van der Waals surface area contributed by atoms with Crippen molar-refractivity contribution in [1.29, 1.82) is 0 Å². The van der Waals surface area contributed by atoms with Crippen molar-refractivity contribution in [2.45, 2.75) is 55.7 Å². The van der Waals surface area contributed by atoms with Crippen LogP contribution in [-0.4, -0.2) is 55.9 Å². The number of alkyl halides is 2. The molecule has 0 radical (unpaired) electrons. The van der Waals surface area contributed by atoms with E-state index in [-0.39, 0.29) is 11.6 Å². The molecule has 0 spiro atoms. The zero-order chi connectivity index (χ0) is 26.7. The van der Waals surface area contributed by atoms with Gasteiger partial charge in [-0.05, 0) is 39.0 Å². The van der Waals surface area contributed by atoms with Crippen LogP contribution in [0.2, 0.25) is 0 Å². The first-order chi connectivity index (χ1) is 16.8. The molecule has 1 saturated heterocycles. The summed E-state index contributed by atoms with van der Waals surface area (Å²) in [7, 11) is -4.25. The number of nitrogens with zero attached hydrogens (tertiary/aromatic N) is 2. The lowest BCUT2D eigenvalue weighted by molar-refractivity contribution is -0.149. The normalized spacial score (nSPS) is 23.7. The highest BCUT2D eigenvalue weighted by atomic mass is 35.5. The number of ether oxygens (including phenoxy) is 2. The fraction of sp³-hybridized carbons (Fsp3) is 0.476. The van der Waals surface area contributed by atoms with Crippen molar-refractivity contribution in [2.24, 2.45) is 0 Å². The second-order valence-electron chi connectivity index (χ2n) is 8.22. The highest BCUT2D eigenvalue weighted by Crippen LogP contribution is 2.49. The number of nitrogen functional groups attached to an aromatic ring is 1. The standard InChI is InChI=1S/C21H27Cl2N4O8P/c1-12(2)33-18(29)13(3)26-36(31,35-14-7-5-4-6-8-14)32-11-15-17(28)21(22,23)19(34-15)27-10-9-16(24)25-20(27)30/h4-10,12-13,15,17,19,28H,11H2,1-3H3,(H,26,31)(H2,24,25,30)/t13-,15+,17+,19+,36-/m0/s1. The zero-order valence-corrected chi connectivity index (χ0v) is 22.0. The molecule has 36 heavy (non-hydrogen) atoms. The minimum Gasteiger partial charge on any atom is -0.462 e. The van der Waals surface area contributed by atoms with Gasteiger partial charge in [-0.2, -0.15) is 10.1 Å². The second kappa shape index (κ2) is 11.5. The van der Waals surface area contributed by atoms with Crippen molar-refractivity contribution in [2.75, 3.05) is 12.3 Å². The maximum Gasteiger partial charge on any atom is 0.459 e. The van der Waals surface area contributed by atoms with Crippen molar-refractivity contribution < 1.29 is 33.0 Å². The fourth-order valence-electron chi connectivity index (χ4n) is 3.22. The van der Waals surface area contributed by atoms with E-state index in [1.165, 1.54) is 31.3 Å². The van der Waals surface area contributed by atoms with Gasteiger partial charge in [-0.15, -0.1) is 0 Å². The number of anilines is 1. The molecule has 0 unspecified atom stereocenters. The number of nitrogens with one attached hydrogen (secondary N) is 1. The van der Waals surface area contributed by atoms with Crippen molar-refractivity contribution in [3.05, 3.63) is 53.1 Å². The van der Waals surface area contributed by atoms with Crippen LogP contribution >= 0.6 is 30.9 Å². The number of hydrogen-bond donors (Lipinski definition) is 3. The van der Waals surface area contributed by atoms with E-state index in [2.05, 4.69) is 10.1 Å². The van der Waals surface area contributed by atoms with Crippen LogP contribution in [0.1, 0.15) is 27.0 Å². The van der Waals surface area contributed by atoms with Crippen molar-refractivity contribution in [3.8, 4) is 5.75 Å². The van der Waals surface area contributed by atoms with Crippen molar-refractivity contribution in [1.82, 2.24) is 14.6 Å². The Labute approximate surface area is 217 Å². The molecule has 12 nitrogen and oxygen atoms in total. The van der Waals surface area contributed by atoms with Gasteiger partial charge in [0, 0.05) is 6.20 Å². The first kappa shape index (κ1) is 28.4. The zero-order valence-electron chi connectivity index (χ0n) is 19.6. The maximum atomic E-state index is 13.6. The summed E-state index contributed by atoms with van der Waals surface area (Å²) < 4.78 is 34.5. The van der Waals surface area contributed by atoms with Gasteiger partial charge in [-0.3, -0.25) is 13.9 Å². The molecule has 0 saturated carbocycles. The number of benzene rings is 1. The molecule has 1 aliphatic rings. The smallest absolute Gasteiger partial charge is 0.459 e. The lowest BCUT2D eigenvalue weighted by atomic mass is 10.2. The molecule has 1 fully saturated rings. The number of carbonyl (C=O) groups excluding carboxylic acids is 1. The Morgan fingerprint density at radius 1 is 1.31 bits per heavy atom. The first-order valence-electron chi connectivity index (χ1n) is 10.9. The average Bonchev–Trinajstić information content (AvgIpc) is 3.01. The van der Waals surface area contributed by atoms with Gasteiger partial charge in [0.15, 0.2) is 10.6 Å². The molecule has 15 heteroatoms. The van der Waals surface area contributed by atoms with Gasteiger partial charge < -0.3 is 24.8 Å². The molecule has 0 aliphatic carbocycles. The molecule has 1 aromatic carbocycles. The van der Waals surface area contributed by atoms with Gasteiger partial charge in [0.25, 0.3) is 0 Å². The van der Waals surface area contributed by atoms with Gasteiger partial charge in [0.05, 0.1) is 12.7 Å². The van der Waals surface area contributed by atoms with Crippen LogP contribution in [0.3, 0.4) is 0 Å². The van der Waals surface area contributed by atoms with E-state index in [9.17, 15) is 19.3 Å². The number of carbonyl (C=O) groups is 1. The van der Waals surface area contributed by atoms with E-state index in [4.69, 9.17) is 47.5 Å². The van der Waals surface area contributed by atoms with Crippen molar-refractivity contribution >= 4 is 42.7 Å². The SMILES string of the molecule is CC(C)OC(=O)[C@H](C)N[P@](=O)(OC[C@H]1O[C@@H](n2ccc(N)nc2=O)C(Cl)(Cl)[C@@H]1O)Oc1ccccc1. The summed E-state index contributed by atoms with van der Waals surface area (Å²) in [6.07, 6.45) is -3.33. The number of esters is 1. The average molecular weight is 565 g/mol. The Bertz CT molecular complexity index is 1170. The van der Waals surface area contributed by atoms with Gasteiger partial charge in [0.2, 0.25) is 0 Å². The third-order valence-corrected chi connectivity index (χ3v) is 7.38. The molecule has 3 rings (SSSR count). The minimum atomic E-state index is -4.25. The predicted molar refractivity (Wildman–Crippen MR) is 132 cm³/mol. The highest BCUT2D eigenvalue weighted by Gasteiger charge is 2.56. The number of para-hydroxylation sites is 1. The van der Waals surface area contributed by atoms with Crippen LogP contribution in [0.4, 0.5) is 5.82 Å². The Hall–Kier alpha value is -2.18. The van der Waals surface area contributed by atoms with Gasteiger partial charge >= 0.3 is 19.4 Å². The van der Waals surface area contributed by atoms with Crippen molar-refractivity contribution in [3.63, 3.8) is 0 Å². The lowest BCUT2D eigenvalue weighted by Crippen LogP contribution is -2.40. The largest absolute Gasteiger partial charge is 0.462 e. The summed E-state index contributed by atoms with van der Waals surface area (Å²) in [6, 6.07) is 8.35. The van der Waals surface area contributed by atoms with Gasteiger partial charge in [-0.25, -0.2) is 9.36 Å². The number of halogens is 2. The van der Waals surface area contributed by atoms with Crippen LogP contribution in [-0.2, 0) is 23.4 Å². The fourth-order valence-corrected chi connectivity index (χ4v) is 5.31. The predicted octanol–water partition coefficient (Wildman–Crippen LogP) is 2.39. The summed E-state index contributed by atoms with van der Waals surface area (Å²) in [6.45, 7) is 4.22. The molecular formula is C21H27Cl2N4O8P. The topological polar surface area (TPSA) is 164 Å². The third-order valence-electron chi connectivity index (χ3n) is 4.92. The van der Waals surface area contributed by atoms with Crippen LogP contribution in [0.25, 0.3) is 0 Å². The van der Waals surface area contributed by atoms with Crippen LogP contribution in [0.5, 0.6) is 5.75 Å². The quantitative estimate of drug-likeness (QED) is 0.220. The summed E-state index contributed by atoms with van der Waals surface area (Å²) in [4.78, 5) is 28.1. The third kappa shape index (κ3) is 6.77. The summed E-state index contributed by atoms with van der Waals surface area (Å²) >= 11 is 12.6. The second-order valence-corrected chi connectivity index (χ2v) is 11.4. The Kier molecular flexibility index (Phi) is 9.05. The number of aliphatic hydroxyl groups excluding tert-OH is 1. The molecule has 5 atom stereocenters. The molecule has 4 N–H and O–H groups in total. The Balaban J connectivity index is 1.79. The molecule has 0 amide bonds. The van der Waals surface area contributed by atoms with E-state index in [1.807, 2.05) is 0 Å². The van der Waals surface area contributed by atoms with E-state index in [0.717, 1.165) is 4.57 Å². The number of aliphatic hydroxyl groups is 1. The molecule has 2 heterocycles. The summed E-state index contributed by atoms with van der Waals surface area (Å²) in [5.74, 6) is -0.523. The Morgan fingerprint density at radius 2 is 1.97 bits per heavy atom. The van der Waals surface area contributed by atoms with E-state index >= 15 is 0 Å². The van der Waals surface area contributed by atoms with Crippen LogP contribution in [0, 0.1) is 0 Å². The molecule has 2 aromatic rings. The van der Waals surface area contributed by atoms with Crippen LogP contribution in [0.15, 0.2) is 47.4 Å². The minimum absolute atomic E-state index is 0.0281. The molecular weight excluding hydrogens is 538 g/mol. The monoisotopic (exact) mass is 564 g/mol. The number of nitrogens with two attached hydrogens (primary N) is 1. The van der Waals surface area contributed by atoms with Gasteiger partial charge in [-0.1, -0.05) is 41.4 Å². The van der Waals surface area contributed by atoms with E-state index < -0.39 is 60.9 Å². The number of aromatic nitrogens is 2. The van der Waals surface area contributed by atoms with E-state index in [1.54, 1.807) is 32.0 Å². The summed E-state index contributed by atoms with van der Waals surface area (Å²) in [5, 5.41) is 13.2. The van der Waals surface area contributed by atoms with Gasteiger partial charge in [0.1, 0.15) is 29.8 Å². The Morgan fingerprint density at radius 3 is 2.58 bits per heavy atom. The van der Waals surface area contributed by atoms with Crippen LogP contribution < -0.4 is 21.0 Å². The molecule has 1 aliphatic heterocycles. The maximum absolute atomic E-state index is 13.6. The molecule has 0 bridgehead atoms. The number of rotatable bonds is 10. The number of hydrogen-bond acceptors (Lipinski definition) is 10. The molecule has 1 aromatic heterocycles. The highest BCUT2D eigenvalue weighted by molar-refractivity contribution is 7.52. The van der Waals surface area contributed by atoms with E-state index in [0.29, 0.717) is 0 Å². The summed E-state index contributed by atoms with van der Waals surface area (Å²) in [5.41, 5.74) is 4.70. The molecule has 198 valence electrons. The first-order valence-corrected chi connectivity index (χ1v) is 13.2.